The highest BCUT2D eigenvalue weighted by Crippen LogP contribution is 2.61. The van der Waals surface area contributed by atoms with Crippen molar-refractivity contribution in [3.8, 4) is 0 Å². The summed E-state index contributed by atoms with van der Waals surface area (Å²) in [6, 6.07) is 7.87. The van der Waals surface area contributed by atoms with Gasteiger partial charge in [0.25, 0.3) is 0 Å². The summed E-state index contributed by atoms with van der Waals surface area (Å²) in [4.78, 5) is 44.8. The molecule has 3 fully saturated rings. The number of aliphatic hydroxyl groups is 1. The first-order valence-electron chi connectivity index (χ1n) is 12.9. The van der Waals surface area contributed by atoms with Crippen LogP contribution in [-0.4, -0.2) is 86.6 Å². The first kappa shape index (κ1) is 27.8. The van der Waals surface area contributed by atoms with Crippen LogP contribution in [0.25, 0.3) is 0 Å². The van der Waals surface area contributed by atoms with Gasteiger partial charge in [-0.3, -0.25) is 14.4 Å². The largest absolute Gasteiger partial charge is 0.466 e. The predicted molar refractivity (Wildman–Crippen MR) is 142 cm³/mol. The topological polar surface area (TPSA) is 96.4 Å². The number of alkyl halides is 1. The summed E-state index contributed by atoms with van der Waals surface area (Å²) in [5.74, 6) is -2.81. The number of nitrogens with zero attached hydrogens (tertiary/aromatic N) is 2. The zero-order chi connectivity index (χ0) is 27.1. The van der Waals surface area contributed by atoms with E-state index in [1.54, 1.807) is 17.9 Å². The molecule has 7 atom stereocenters. The van der Waals surface area contributed by atoms with Gasteiger partial charge in [-0.05, 0) is 46.1 Å². The first-order chi connectivity index (χ1) is 17.5. The van der Waals surface area contributed by atoms with Gasteiger partial charge in [0.2, 0.25) is 11.8 Å². The van der Waals surface area contributed by atoms with Crippen LogP contribution >= 0.6 is 15.9 Å². The number of rotatable bonds is 9. The Kier molecular flexibility index (Phi) is 7.89. The van der Waals surface area contributed by atoms with Crippen LogP contribution in [0.2, 0.25) is 0 Å². The molecule has 3 aliphatic heterocycles. The number of fused-ring (bicyclic) bond motifs is 1. The highest BCUT2D eigenvalue weighted by molar-refractivity contribution is 9.09. The minimum Gasteiger partial charge on any atom is -0.466 e. The maximum Gasteiger partial charge on any atom is 0.312 e. The second kappa shape index (κ2) is 10.5. The fraction of sp³-hybridized carbons (Fsp3) is 0.607. The third-order valence-electron chi connectivity index (χ3n) is 7.83. The molecule has 2 bridgehead atoms. The van der Waals surface area contributed by atoms with Gasteiger partial charge < -0.3 is 24.4 Å². The van der Waals surface area contributed by atoms with E-state index >= 15 is 0 Å². The predicted octanol–water partition coefficient (Wildman–Crippen LogP) is 2.71. The summed E-state index contributed by atoms with van der Waals surface area (Å²) in [6.07, 6.45) is 1.84. The Bertz CT molecular complexity index is 1040. The lowest BCUT2D eigenvalue weighted by molar-refractivity contribution is -0.157. The summed E-state index contributed by atoms with van der Waals surface area (Å²) in [7, 11) is 0. The molecule has 2 amide bonds. The molecule has 1 aromatic carbocycles. The van der Waals surface area contributed by atoms with Gasteiger partial charge in [-0.2, -0.15) is 0 Å². The van der Waals surface area contributed by atoms with Crippen LogP contribution in [0.15, 0.2) is 43.0 Å². The second-order valence-electron chi connectivity index (χ2n) is 11.1. The van der Waals surface area contributed by atoms with Crippen molar-refractivity contribution in [2.75, 3.05) is 19.8 Å². The van der Waals surface area contributed by atoms with Gasteiger partial charge in [-0.1, -0.05) is 52.3 Å². The zero-order valence-electron chi connectivity index (χ0n) is 21.9. The maximum absolute atomic E-state index is 14.4. The van der Waals surface area contributed by atoms with Crippen LogP contribution in [-0.2, 0) is 30.3 Å². The summed E-state index contributed by atoms with van der Waals surface area (Å²) in [6.45, 7) is 11.5. The van der Waals surface area contributed by atoms with Gasteiger partial charge in [0.1, 0.15) is 11.6 Å². The average molecular weight is 578 g/mol. The van der Waals surface area contributed by atoms with E-state index in [1.165, 1.54) is 4.90 Å². The van der Waals surface area contributed by atoms with Crippen molar-refractivity contribution < 1.29 is 29.0 Å². The summed E-state index contributed by atoms with van der Waals surface area (Å²) >= 11 is 3.67. The molecule has 1 N–H and O–H groups in total. The number of aliphatic hydroxyl groups excluding tert-OH is 1. The van der Waals surface area contributed by atoms with E-state index < -0.39 is 47.1 Å². The van der Waals surface area contributed by atoms with Crippen LogP contribution in [0, 0.1) is 11.8 Å². The van der Waals surface area contributed by atoms with Crippen molar-refractivity contribution >= 4 is 33.7 Å². The lowest BCUT2D eigenvalue weighted by atomic mass is 9.70. The van der Waals surface area contributed by atoms with Crippen LogP contribution in [0.1, 0.15) is 39.7 Å². The van der Waals surface area contributed by atoms with Crippen molar-refractivity contribution in [3.05, 3.63) is 48.6 Å². The molecule has 3 saturated heterocycles. The molecular formula is C28H37BrN2O6. The van der Waals surface area contributed by atoms with Crippen LogP contribution < -0.4 is 0 Å². The maximum atomic E-state index is 14.4. The Balaban J connectivity index is 1.84. The van der Waals surface area contributed by atoms with Gasteiger partial charge >= 0.3 is 5.97 Å². The van der Waals surface area contributed by atoms with Gasteiger partial charge in [-0.15, -0.1) is 6.58 Å². The molecule has 37 heavy (non-hydrogen) atoms. The van der Waals surface area contributed by atoms with Crippen molar-refractivity contribution in [2.45, 2.75) is 74.7 Å². The monoisotopic (exact) mass is 576 g/mol. The Morgan fingerprint density at radius 1 is 1.35 bits per heavy atom. The Morgan fingerprint density at radius 3 is 2.59 bits per heavy atom. The molecule has 1 spiro atoms. The number of ether oxygens (including phenoxy) is 2. The van der Waals surface area contributed by atoms with Crippen molar-refractivity contribution in [2.24, 2.45) is 11.8 Å². The summed E-state index contributed by atoms with van der Waals surface area (Å²) < 4.78 is 11.9. The van der Waals surface area contributed by atoms with Crippen LogP contribution in [0.5, 0.6) is 0 Å². The number of hydrogen-bond acceptors (Lipinski definition) is 6. The summed E-state index contributed by atoms with van der Waals surface area (Å²) in [5.41, 5.74) is -0.841. The first-order valence-corrected chi connectivity index (χ1v) is 13.8. The molecule has 202 valence electrons. The van der Waals surface area contributed by atoms with Crippen molar-refractivity contribution in [1.29, 1.82) is 0 Å². The number of esters is 1. The number of hydrogen-bond donors (Lipinski definition) is 1. The third kappa shape index (κ3) is 4.63. The molecule has 9 heteroatoms. The number of amides is 2. The Hall–Kier alpha value is -2.23. The molecule has 0 saturated carbocycles. The highest BCUT2D eigenvalue weighted by atomic mass is 79.9. The molecule has 0 aliphatic carbocycles. The lowest BCUT2D eigenvalue weighted by Crippen LogP contribution is -2.62. The highest BCUT2D eigenvalue weighted by Gasteiger charge is 2.77. The fourth-order valence-corrected chi connectivity index (χ4v) is 7.30. The van der Waals surface area contributed by atoms with Gasteiger partial charge in [0, 0.05) is 16.9 Å². The zero-order valence-corrected chi connectivity index (χ0v) is 23.5. The van der Waals surface area contributed by atoms with Gasteiger partial charge in [-0.25, -0.2) is 0 Å². The van der Waals surface area contributed by atoms with Crippen LogP contribution in [0.4, 0.5) is 0 Å². The quantitative estimate of drug-likeness (QED) is 0.276. The molecule has 1 unspecified atom stereocenters. The molecule has 3 heterocycles. The van der Waals surface area contributed by atoms with E-state index in [4.69, 9.17) is 9.47 Å². The molecule has 3 aliphatic rings. The molecule has 4 rings (SSSR count). The van der Waals surface area contributed by atoms with E-state index in [2.05, 4.69) is 22.5 Å². The van der Waals surface area contributed by atoms with E-state index in [0.29, 0.717) is 12.8 Å². The van der Waals surface area contributed by atoms with Crippen LogP contribution in [0.3, 0.4) is 0 Å². The normalized spacial score (nSPS) is 31.2. The van der Waals surface area contributed by atoms with E-state index in [-0.39, 0.29) is 36.4 Å². The van der Waals surface area contributed by atoms with E-state index in [9.17, 15) is 19.5 Å². The van der Waals surface area contributed by atoms with Crippen molar-refractivity contribution in [3.63, 3.8) is 0 Å². The minimum atomic E-state index is -1.21. The molecule has 8 nitrogen and oxygen atoms in total. The molecule has 0 aromatic heterocycles. The van der Waals surface area contributed by atoms with Gasteiger partial charge in [0.15, 0.2) is 0 Å². The number of halogens is 1. The van der Waals surface area contributed by atoms with E-state index in [0.717, 1.165) is 5.56 Å². The second-order valence-corrected chi connectivity index (χ2v) is 12.3. The van der Waals surface area contributed by atoms with Gasteiger partial charge in [0.05, 0.1) is 37.2 Å². The smallest absolute Gasteiger partial charge is 0.312 e. The minimum absolute atomic E-state index is 0.180. The van der Waals surface area contributed by atoms with Crippen molar-refractivity contribution in [1.82, 2.24) is 9.80 Å². The Morgan fingerprint density at radius 2 is 2.03 bits per heavy atom. The number of carbonyl (C=O) groups excluding carboxylic acids is 3. The fourth-order valence-electron chi connectivity index (χ4n) is 6.36. The number of carbonyl (C=O) groups is 3. The number of likely N-dealkylation sites (tertiary alicyclic amines) is 1. The molecule has 1 aromatic rings. The number of benzene rings is 1. The van der Waals surface area contributed by atoms with E-state index in [1.807, 2.05) is 51.1 Å². The molecular weight excluding hydrogens is 540 g/mol. The third-order valence-corrected chi connectivity index (χ3v) is 8.67. The molecule has 0 radical (unpaired) electrons. The SMILES string of the molecule is C=CCN(C(=O)[C@@H]1N([C@@H](CO)Cc2ccccc2)C(=O)[C@H]2[C@H](C(=O)OCC)[C@H]3O[C@@]12CC3Br)C(C)(C)C. The lowest BCUT2D eigenvalue weighted by Gasteiger charge is -2.43. The average Bonchev–Trinajstić information content (AvgIpc) is 3.44. The summed E-state index contributed by atoms with van der Waals surface area (Å²) in [5, 5.41) is 10.5. The Labute approximate surface area is 227 Å². The standard InChI is InChI=1S/C28H37BrN2O6/c1-6-13-30(27(3,4)5)25(34)23-28-15-19(29)22(37-28)20(26(35)36-7-2)21(28)24(33)31(23)18(16-32)14-17-11-9-8-10-12-17/h6,8-12,18-23,32H,1,7,13-16H2,2-5H3/t18-,19?,20+,21-,22+,23+,28-/m1/s1.